The maximum atomic E-state index is 2.36. The first kappa shape index (κ1) is 16.3. The molecule has 0 bridgehead atoms. The molecule has 0 aromatic heterocycles. The van der Waals surface area contributed by atoms with Crippen LogP contribution >= 0.6 is 0 Å². The number of benzene rings is 6. The van der Waals surface area contributed by atoms with Gasteiger partial charge in [0.05, 0.1) is 0 Å². The average molecular weight is 368 g/mol. The molecule has 0 N–H and O–H groups in total. The number of fused-ring (bicyclic) bond motifs is 6. The zero-order chi connectivity index (χ0) is 19.4. The lowest BCUT2D eigenvalue weighted by Crippen LogP contribution is -1.87. The lowest BCUT2D eigenvalue weighted by Gasteiger charge is -2.14. The van der Waals surface area contributed by atoms with Crippen LogP contribution < -0.4 is 0 Å². The quantitative estimate of drug-likeness (QED) is 0.256. The molecule has 0 atom stereocenters. The third kappa shape index (κ3) is 2.53. The van der Waals surface area contributed by atoms with E-state index in [1.807, 2.05) is 0 Å². The molecular formula is C29H20. The zero-order valence-electron chi connectivity index (χ0n) is 16.3. The van der Waals surface area contributed by atoms with Gasteiger partial charge in [0.1, 0.15) is 0 Å². The summed E-state index contributed by atoms with van der Waals surface area (Å²) in [5.41, 5.74) is 3.87. The Morgan fingerprint density at radius 3 is 2.07 bits per heavy atom. The number of hydrogen-bond donors (Lipinski definition) is 0. The minimum Gasteiger partial charge on any atom is -0.0616 e. The van der Waals surface area contributed by atoms with E-state index in [2.05, 4.69) is 110 Å². The highest BCUT2D eigenvalue weighted by atomic mass is 14.1. The Balaban J connectivity index is 1.74. The lowest BCUT2D eigenvalue weighted by molar-refractivity contribution is 1.51. The minimum atomic E-state index is 1.27. The molecule has 0 aliphatic rings. The predicted molar refractivity (Wildman–Crippen MR) is 127 cm³/mol. The monoisotopic (exact) mass is 368 g/mol. The summed E-state index contributed by atoms with van der Waals surface area (Å²) in [6, 6.07) is 37.8. The number of hydrogen-bond acceptors (Lipinski definition) is 0. The van der Waals surface area contributed by atoms with Crippen LogP contribution in [0.25, 0.3) is 54.2 Å². The van der Waals surface area contributed by atoms with Gasteiger partial charge in [0.25, 0.3) is 0 Å². The highest BCUT2D eigenvalue weighted by molar-refractivity contribution is 6.23. The van der Waals surface area contributed by atoms with Gasteiger partial charge in [0, 0.05) is 0 Å². The van der Waals surface area contributed by atoms with Crippen molar-refractivity contribution < 1.29 is 0 Å². The van der Waals surface area contributed by atoms with Crippen molar-refractivity contribution in [3.63, 3.8) is 0 Å². The van der Waals surface area contributed by atoms with Crippen molar-refractivity contribution in [2.75, 3.05) is 0 Å². The number of rotatable bonds is 1. The number of aryl methyl sites for hydroxylation is 1. The minimum absolute atomic E-state index is 1.27. The zero-order valence-corrected chi connectivity index (χ0v) is 16.3. The van der Waals surface area contributed by atoms with Crippen LogP contribution in [-0.2, 0) is 0 Å². The van der Waals surface area contributed by atoms with Crippen LogP contribution in [0.4, 0.5) is 0 Å². The molecule has 0 heterocycles. The molecule has 0 radical (unpaired) electrons. The Morgan fingerprint density at radius 2 is 1.17 bits per heavy atom. The second kappa shape index (κ2) is 6.18. The van der Waals surface area contributed by atoms with Crippen molar-refractivity contribution in [2.45, 2.75) is 6.92 Å². The van der Waals surface area contributed by atoms with Crippen LogP contribution in [0.5, 0.6) is 0 Å². The fourth-order valence-corrected chi connectivity index (χ4v) is 4.65. The summed E-state index contributed by atoms with van der Waals surface area (Å²) in [5.74, 6) is 0. The van der Waals surface area contributed by atoms with Crippen molar-refractivity contribution in [2.24, 2.45) is 0 Å². The summed E-state index contributed by atoms with van der Waals surface area (Å²) in [6.07, 6.45) is 0. The van der Waals surface area contributed by atoms with Crippen LogP contribution in [0.3, 0.4) is 0 Å². The van der Waals surface area contributed by atoms with Crippen LogP contribution in [0.1, 0.15) is 5.56 Å². The molecule has 0 aliphatic heterocycles. The normalized spacial score (nSPS) is 11.6. The van der Waals surface area contributed by atoms with Gasteiger partial charge >= 0.3 is 0 Å². The van der Waals surface area contributed by atoms with E-state index in [0.29, 0.717) is 0 Å². The van der Waals surface area contributed by atoms with Crippen molar-refractivity contribution >= 4 is 43.1 Å². The largest absolute Gasteiger partial charge is 0.0616 e. The molecule has 0 saturated heterocycles. The standard InChI is InChI=1S/C29H20/c1-19-10-15-25-22(16-19)13-14-24-18-28(26-8-4-5-9-27(26)29(24)25)23-12-11-20-6-2-3-7-21(20)17-23/h2-18H,1H3. The topological polar surface area (TPSA) is 0 Å². The van der Waals surface area contributed by atoms with Crippen molar-refractivity contribution in [3.05, 3.63) is 109 Å². The van der Waals surface area contributed by atoms with Gasteiger partial charge in [-0.2, -0.15) is 0 Å². The van der Waals surface area contributed by atoms with E-state index in [4.69, 9.17) is 0 Å². The SMILES string of the molecule is Cc1ccc2c(ccc3cc(-c4ccc5ccccc5c4)c4ccccc4c32)c1. The average Bonchev–Trinajstić information content (AvgIpc) is 2.77. The van der Waals surface area contributed by atoms with Crippen LogP contribution in [0.15, 0.2) is 103 Å². The molecule has 0 heteroatoms. The van der Waals surface area contributed by atoms with E-state index in [1.54, 1.807) is 0 Å². The Labute approximate surface area is 170 Å². The van der Waals surface area contributed by atoms with Crippen LogP contribution in [-0.4, -0.2) is 0 Å². The van der Waals surface area contributed by atoms with Crippen molar-refractivity contribution in [1.82, 2.24) is 0 Å². The molecule has 0 aliphatic carbocycles. The molecule has 6 aromatic rings. The van der Waals surface area contributed by atoms with E-state index in [0.717, 1.165) is 0 Å². The molecule has 6 aromatic carbocycles. The van der Waals surface area contributed by atoms with Gasteiger partial charge in [0.2, 0.25) is 0 Å². The highest BCUT2D eigenvalue weighted by Gasteiger charge is 2.11. The molecule has 0 amide bonds. The molecular weight excluding hydrogens is 348 g/mol. The van der Waals surface area contributed by atoms with E-state index >= 15 is 0 Å². The van der Waals surface area contributed by atoms with Gasteiger partial charge < -0.3 is 0 Å². The van der Waals surface area contributed by atoms with Crippen molar-refractivity contribution in [3.8, 4) is 11.1 Å². The first-order valence-corrected chi connectivity index (χ1v) is 10.1. The van der Waals surface area contributed by atoms with E-state index in [9.17, 15) is 0 Å². The third-order valence-electron chi connectivity index (χ3n) is 6.05. The fraction of sp³-hybridized carbons (Fsp3) is 0.0345. The lowest BCUT2D eigenvalue weighted by atomic mass is 9.90. The summed E-state index contributed by atoms with van der Waals surface area (Å²) < 4.78 is 0. The Kier molecular flexibility index (Phi) is 3.48. The summed E-state index contributed by atoms with van der Waals surface area (Å²) in [5, 5.41) is 10.5. The second-order valence-corrected chi connectivity index (χ2v) is 7.92. The molecule has 0 unspecified atom stereocenters. The molecule has 0 nitrogen and oxygen atoms in total. The fourth-order valence-electron chi connectivity index (χ4n) is 4.65. The molecule has 6 rings (SSSR count). The third-order valence-corrected chi connectivity index (χ3v) is 6.05. The molecule has 29 heavy (non-hydrogen) atoms. The first-order chi connectivity index (χ1) is 14.3. The van der Waals surface area contributed by atoms with E-state index in [-0.39, 0.29) is 0 Å². The van der Waals surface area contributed by atoms with Gasteiger partial charge in [-0.05, 0) is 73.3 Å². The van der Waals surface area contributed by atoms with Gasteiger partial charge in [-0.15, -0.1) is 0 Å². The van der Waals surface area contributed by atoms with E-state index < -0.39 is 0 Å². The summed E-state index contributed by atoms with van der Waals surface area (Å²) in [4.78, 5) is 0. The Bertz CT molecular complexity index is 1550. The van der Waals surface area contributed by atoms with Gasteiger partial charge in [-0.3, -0.25) is 0 Å². The summed E-state index contributed by atoms with van der Waals surface area (Å²) in [7, 11) is 0. The predicted octanol–water partition coefficient (Wildman–Crippen LogP) is 8.27. The Hall–Kier alpha value is -3.64. The first-order valence-electron chi connectivity index (χ1n) is 10.1. The van der Waals surface area contributed by atoms with Crippen LogP contribution in [0.2, 0.25) is 0 Å². The smallest absolute Gasteiger partial charge is 0.00264 e. The molecule has 0 fully saturated rings. The van der Waals surface area contributed by atoms with Crippen molar-refractivity contribution in [1.29, 1.82) is 0 Å². The van der Waals surface area contributed by atoms with Gasteiger partial charge in [-0.25, -0.2) is 0 Å². The highest BCUT2D eigenvalue weighted by Crippen LogP contribution is 2.39. The molecule has 136 valence electrons. The van der Waals surface area contributed by atoms with Gasteiger partial charge in [0.15, 0.2) is 0 Å². The van der Waals surface area contributed by atoms with E-state index in [1.165, 1.54) is 59.8 Å². The summed E-state index contributed by atoms with van der Waals surface area (Å²) >= 11 is 0. The maximum absolute atomic E-state index is 2.36. The molecule has 0 saturated carbocycles. The van der Waals surface area contributed by atoms with Crippen LogP contribution in [0, 0.1) is 6.92 Å². The summed E-state index contributed by atoms with van der Waals surface area (Å²) in [6.45, 7) is 2.16. The molecule has 0 spiro atoms. The maximum Gasteiger partial charge on any atom is -0.00264 e. The van der Waals surface area contributed by atoms with Gasteiger partial charge in [-0.1, -0.05) is 96.6 Å². The Morgan fingerprint density at radius 1 is 0.448 bits per heavy atom. The second-order valence-electron chi connectivity index (χ2n) is 7.92.